The molecule has 3 heterocycles. The van der Waals surface area contributed by atoms with Crippen molar-refractivity contribution < 1.29 is 310 Å². The first kappa shape index (κ1) is 113. The van der Waals surface area contributed by atoms with Crippen molar-refractivity contribution in [1.82, 2.24) is 0 Å². The molecule has 28 heteroatoms. The maximum Gasteiger partial charge on any atom is 1.00 e. The Morgan fingerprint density at radius 2 is 0.722 bits per heavy atom. The van der Waals surface area contributed by atoms with E-state index in [1.54, 1.807) is 50.2 Å². The number of hydrogen-bond donors (Lipinski definition) is 4. The van der Waals surface area contributed by atoms with Crippen LogP contribution in [-0.4, -0.2) is 82.7 Å². The van der Waals surface area contributed by atoms with Crippen molar-refractivity contribution in [3.05, 3.63) is 262 Å². The Morgan fingerprint density at radius 3 is 1.04 bits per heavy atom. The number of aromatic hydroxyl groups is 4. The standard InChI is InChI=1S/C18H18O6.C11H8O3.C10H6O4.C9H10O2.C8H8O3.2C8H10.3C2H6.2CH2O3.4K.2H/c1-4-22-17(20)14(18(21)23-5-2)9-12-10-24-15-7-6-11(3)8-13(15)16(12)19;1-7-2-3-10-9(4-7)11(13)8(5-12)6-14-10;11-4-6-5-14-9-2-1-7(12)3-8(9)10(6)13;1-6-3-4-9(11)8(5-6)7(2)10;1-5(9)7-4-6(10)2-3-8(7)11;2*1-2-8-6-4-3-5-7-8;3*1-2;2*2-1-4-3;;;;;;/h6-10H,4-5H2,1-3H3;2-6H,1H3;1-5,12H;3-5,11H,1-2H3;2-4,10-11H,1H3;2*3-7H,2H2,1H3;3*1-2H3;2*1,3H;;;;;;/q;;;;;;;;;;;;4*+1;2*-1/p-2. The number of hydrogen-bond acceptors (Lipinski definition) is 24. The van der Waals surface area contributed by atoms with Crippen LogP contribution in [0.4, 0.5) is 0 Å². The van der Waals surface area contributed by atoms with Crippen molar-refractivity contribution in [2.24, 2.45) is 0 Å². The summed E-state index contributed by atoms with van der Waals surface area (Å²) in [7, 11) is 0. The Bertz CT molecular complexity index is 4280. The number of aldehydes is 2. The molecule has 108 heavy (non-hydrogen) atoms. The van der Waals surface area contributed by atoms with Crippen LogP contribution in [0.15, 0.2) is 204 Å². The fourth-order valence-corrected chi connectivity index (χ4v) is 7.86. The molecule has 3 aromatic heterocycles. The minimum atomic E-state index is -0.848. The quantitative estimate of drug-likeness (QED) is 0.0122. The van der Waals surface area contributed by atoms with Gasteiger partial charge in [0.15, 0.2) is 29.6 Å². The molecular formula is C80H92K4O24. The van der Waals surface area contributed by atoms with Gasteiger partial charge in [-0.2, -0.15) is 0 Å². The summed E-state index contributed by atoms with van der Waals surface area (Å²) in [5, 5.41) is 54.2. The summed E-state index contributed by atoms with van der Waals surface area (Å²) < 4.78 is 25.3. The third kappa shape index (κ3) is 43.7. The van der Waals surface area contributed by atoms with Crippen LogP contribution in [0.2, 0.25) is 0 Å². The number of Topliss-reactive ketones (excluding diaryl/α,β-unsaturated/α-hetero) is 2. The Hall–Kier alpha value is -5.86. The Morgan fingerprint density at radius 1 is 0.426 bits per heavy atom. The molecule has 0 fully saturated rings. The molecule has 0 aliphatic rings. The van der Waals surface area contributed by atoms with Gasteiger partial charge in [0.25, 0.3) is 12.9 Å². The molecule has 0 atom stereocenters. The summed E-state index contributed by atoms with van der Waals surface area (Å²) in [6.45, 7) is 27.8. The number of esters is 2. The molecule has 0 saturated carbocycles. The van der Waals surface area contributed by atoms with Gasteiger partial charge in [-0.3, -0.25) is 43.2 Å². The number of phenolic OH excluding ortho intramolecular Hbond substituents is 4. The maximum absolute atomic E-state index is 12.6. The van der Waals surface area contributed by atoms with E-state index in [4.69, 9.17) is 58.1 Å². The van der Waals surface area contributed by atoms with Crippen molar-refractivity contribution in [2.75, 3.05) is 13.2 Å². The molecule has 0 amide bonds. The number of fused-ring (bicyclic) bond motifs is 3. The van der Waals surface area contributed by atoms with E-state index in [1.165, 1.54) is 80.0 Å². The second-order valence-electron chi connectivity index (χ2n) is 19.9. The average Bonchev–Trinajstić information content (AvgIpc) is 0.816. The molecule has 0 bridgehead atoms. The van der Waals surface area contributed by atoms with Crippen LogP contribution >= 0.6 is 0 Å². The van der Waals surface area contributed by atoms with E-state index in [1.807, 2.05) is 86.6 Å². The molecular weight excluding hydrogens is 1500 g/mol. The summed E-state index contributed by atoms with van der Waals surface area (Å²) >= 11 is 0. The molecule has 24 nitrogen and oxygen atoms in total. The summed E-state index contributed by atoms with van der Waals surface area (Å²) in [6.07, 6.45) is 7.86. The van der Waals surface area contributed by atoms with Crippen LogP contribution in [-0.2, 0) is 51.3 Å². The molecule has 10 rings (SSSR count). The van der Waals surface area contributed by atoms with Crippen LogP contribution < -0.4 is 232 Å². The molecule has 0 aliphatic heterocycles. The molecule has 0 saturated heterocycles. The molecule has 0 unspecified atom stereocenters. The average molecular weight is 1590 g/mol. The van der Waals surface area contributed by atoms with Gasteiger partial charge in [-0.15, -0.1) is 0 Å². The van der Waals surface area contributed by atoms with Gasteiger partial charge in [-0.05, 0) is 151 Å². The monoisotopic (exact) mass is 1590 g/mol. The molecule has 0 radical (unpaired) electrons. The first-order valence-electron chi connectivity index (χ1n) is 32.4. The third-order valence-corrected chi connectivity index (χ3v) is 12.7. The van der Waals surface area contributed by atoms with E-state index in [0.29, 0.717) is 45.7 Å². The molecule has 0 spiro atoms. The molecule has 4 N–H and O–H groups in total. The summed E-state index contributed by atoms with van der Waals surface area (Å²) in [5.41, 5.74) is 6.16. The minimum Gasteiger partial charge on any atom is -1.00 e. The van der Waals surface area contributed by atoms with Gasteiger partial charge in [-0.1, -0.05) is 151 Å². The van der Waals surface area contributed by atoms with E-state index in [9.17, 15) is 48.3 Å². The number of aryl methyl sites for hydroxylation is 5. The van der Waals surface area contributed by atoms with E-state index < -0.39 is 17.4 Å². The van der Waals surface area contributed by atoms with Crippen molar-refractivity contribution in [1.29, 1.82) is 0 Å². The van der Waals surface area contributed by atoms with Crippen LogP contribution in [0.3, 0.4) is 0 Å². The van der Waals surface area contributed by atoms with E-state index in [-0.39, 0.29) is 313 Å². The van der Waals surface area contributed by atoms with Gasteiger partial charge in [0.2, 0.25) is 10.9 Å². The molecule has 7 aromatic carbocycles. The third-order valence-electron chi connectivity index (χ3n) is 12.7. The van der Waals surface area contributed by atoms with Crippen molar-refractivity contribution in [2.45, 2.75) is 117 Å². The first-order chi connectivity index (χ1) is 49.8. The zero-order valence-electron chi connectivity index (χ0n) is 66.8. The second-order valence-corrected chi connectivity index (χ2v) is 19.9. The zero-order chi connectivity index (χ0) is 79.3. The number of phenols is 4. The van der Waals surface area contributed by atoms with Crippen molar-refractivity contribution >= 4 is 88.0 Å². The minimum absolute atomic E-state index is 0. The summed E-state index contributed by atoms with van der Waals surface area (Å²) in [5.74, 6) is -2.16. The smallest absolute Gasteiger partial charge is 1.00 e. The summed E-state index contributed by atoms with van der Waals surface area (Å²) in [6, 6.07) is 44.4. The van der Waals surface area contributed by atoms with Crippen LogP contribution in [0.1, 0.15) is 161 Å². The predicted molar refractivity (Wildman–Crippen MR) is 395 cm³/mol. The van der Waals surface area contributed by atoms with Crippen LogP contribution in [0.5, 0.6) is 23.0 Å². The van der Waals surface area contributed by atoms with Crippen molar-refractivity contribution in [3.8, 4) is 23.0 Å². The SMILES string of the molecule is CC.CC.CC.CC(=O)c1cc(C)ccc1O.CC(=O)c1cc(O)ccc1O.CCOC(=O)C(=Cc1coc2ccc(C)cc2c1=O)C(=O)OCC.CCc1ccccc1.CCc1ccccc1.Cc1ccc2occ(C=O)c(=O)c2c1.O=CO[O-].O=CO[O-].O=Cc1coc2ccc(O)cc2c1=O.[H-].[H-].[K+].[K+].[K+].[K+]. The molecule has 10 aromatic rings. The van der Waals surface area contributed by atoms with E-state index in [0.717, 1.165) is 41.9 Å². The van der Waals surface area contributed by atoms with Gasteiger partial charge in [-0.25, -0.2) is 9.59 Å². The number of carbonyl (C=O) groups excluding carboxylic acids is 8. The van der Waals surface area contributed by atoms with Gasteiger partial charge in [0.1, 0.15) is 64.1 Å². The normalized spacial score (nSPS) is 8.82. The van der Waals surface area contributed by atoms with E-state index in [2.05, 4.69) is 72.2 Å². The van der Waals surface area contributed by atoms with Gasteiger partial charge in [0, 0.05) is 0 Å². The summed E-state index contributed by atoms with van der Waals surface area (Å²) in [4.78, 5) is 125. The number of rotatable bonds is 13. The number of benzene rings is 7. The Kier molecular flexibility index (Phi) is 71.2. The number of ketones is 2. The maximum atomic E-state index is 12.6. The largest absolute Gasteiger partial charge is 1.00 e. The van der Waals surface area contributed by atoms with Gasteiger partial charge in [0.05, 0.1) is 57.2 Å². The molecule has 0 aliphatic carbocycles. The van der Waals surface area contributed by atoms with E-state index >= 15 is 0 Å². The topological polar surface area (TPSA) is 391 Å². The van der Waals surface area contributed by atoms with Gasteiger partial charge >= 0.3 is 217 Å². The first-order valence-corrected chi connectivity index (χ1v) is 32.4. The van der Waals surface area contributed by atoms with Gasteiger partial charge < -0.3 is 66.3 Å². The number of ether oxygens (including phenoxy) is 2. The Balaban J connectivity index is -0.000000181. The predicted octanol–water partition coefficient (Wildman–Crippen LogP) is 1.73. The Labute approximate surface area is 801 Å². The zero-order valence-corrected chi connectivity index (χ0v) is 77.3. The fourth-order valence-electron chi connectivity index (χ4n) is 7.86. The van der Waals surface area contributed by atoms with Crippen LogP contribution in [0.25, 0.3) is 39.0 Å². The fraction of sp³-hybridized carbons (Fsp3) is 0.237. The second kappa shape index (κ2) is 68.0. The number of carbonyl (C=O) groups is 8. The van der Waals surface area contributed by atoms with Crippen molar-refractivity contribution in [3.63, 3.8) is 0 Å². The van der Waals surface area contributed by atoms with Crippen LogP contribution in [0, 0.1) is 20.8 Å². The molecule has 560 valence electrons.